The van der Waals surface area contributed by atoms with Crippen molar-refractivity contribution in [2.24, 2.45) is 5.73 Å². The Kier molecular flexibility index (Phi) is 3.19. The molecule has 0 aliphatic carbocycles. The first-order valence-corrected chi connectivity index (χ1v) is 6.54. The molecule has 2 heterocycles. The van der Waals surface area contributed by atoms with Crippen LogP contribution in [0.4, 0.5) is 0 Å². The number of aromatic hydroxyl groups is 1. The number of hydrogen-bond acceptors (Lipinski definition) is 6. The molecule has 0 amide bonds. The number of phenols is 1. The highest BCUT2D eigenvalue weighted by Crippen LogP contribution is 2.29. The molecule has 1 saturated heterocycles. The molecule has 0 saturated carbocycles. The van der Waals surface area contributed by atoms with E-state index >= 15 is 0 Å². The molecule has 3 rings (SSSR count). The van der Waals surface area contributed by atoms with Crippen molar-refractivity contribution < 1.29 is 14.4 Å². The van der Waals surface area contributed by atoms with Crippen molar-refractivity contribution in [1.82, 2.24) is 10.1 Å². The zero-order valence-corrected chi connectivity index (χ0v) is 11.5. The van der Waals surface area contributed by atoms with E-state index in [0.29, 0.717) is 30.7 Å². The van der Waals surface area contributed by atoms with Crippen molar-refractivity contribution in [3.8, 4) is 17.1 Å². The van der Waals surface area contributed by atoms with Crippen LogP contribution < -0.4 is 5.73 Å². The van der Waals surface area contributed by atoms with Gasteiger partial charge in [-0.1, -0.05) is 5.16 Å². The molecule has 1 aromatic carbocycles. The van der Waals surface area contributed by atoms with Crippen LogP contribution in [0.1, 0.15) is 22.9 Å². The van der Waals surface area contributed by atoms with Crippen molar-refractivity contribution >= 4 is 0 Å². The molecule has 20 heavy (non-hydrogen) atoms. The predicted molar refractivity (Wildman–Crippen MR) is 72.4 cm³/mol. The molecule has 106 valence electrons. The molecule has 6 heteroatoms. The Morgan fingerprint density at radius 3 is 2.55 bits per heavy atom. The summed E-state index contributed by atoms with van der Waals surface area (Å²) in [5.74, 6) is 1.26. The third-order valence-electron chi connectivity index (χ3n) is 3.63. The lowest BCUT2D eigenvalue weighted by Gasteiger charge is -2.06. The third-order valence-corrected chi connectivity index (χ3v) is 3.63. The Morgan fingerprint density at radius 1 is 1.25 bits per heavy atom. The molecular formula is C14H17N3O3. The molecular weight excluding hydrogens is 258 g/mol. The second-order valence-corrected chi connectivity index (χ2v) is 5.22. The molecule has 1 aliphatic heterocycles. The molecule has 2 atom stereocenters. The minimum Gasteiger partial charge on any atom is -0.507 e. The van der Waals surface area contributed by atoms with E-state index in [0.717, 1.165) is 16.7 Å². The van der Waals surface area contributed by atoms with Gasteiger partial charge in [0.2, 0.25) is 11.7 Å². The average molecular weight is 275 g/mol. The number of aryl methyl sites for hydroxylation is 2. The Hall–Kier alpha value is -1.92. The molecule has 6 nitrogen and oxygen atoms in total. The molecule has 1 fully saturated rings. The van der Waals surface area contributed by atoms with Crippen LogP contribution in [0.5, 0.6) is 5.75 Å². The summed E-state index contributed by atoms with van der Waals surface area (Å²) < 4.78 is 10.6. The summed E-state index contributed by atoms with van der Waals surface area (Å²) in [4.78, 5) is 4.41. The largest absolute Gasteiger partial charge is 0.507 e. The van der Waals surface area contributed by atoms with Crippen LogP contribution >= 0.6 is 0 Å². The monoisotopic (exact) mass is 275 g/mol. The van der Waals surface area contributed by atoms with Crippen LogP contribution in [0.15, 0.2) is 16.7 Å². The first-order chi connectivity index (χ1) is 9.56. The lowest BCUT2D eigenvalue weighted by Crippen LogP contribution is -2.26. The number of nitrogens with zero attached hydrogens (tertiary/aromatic N) is 2. The first-order valence-electron chi connectivity index (χ1n) is 6.54. The number of phenolic OH excluding ortho intramolecular Hbond substituents is 1. The van der Waals surface area contributed by atoms with E-state index in [2.05, 4.69) is 10.1 Å². The standard InChI is InChI=1S/C14H17N3O3/c1-7-3-9(4-8(2)12(7)18)13-16-14(20-17-13)10-5-19-6-11(10)15/h3-4,10-11,18H,5-6,15H2,1-2H3. The number of rotatable bonds is 2. The Balaban J connectivity index is 1.94. The average Bonchev–Trinajstić information content (AvgIpc) is 3.03. The van der Waals surface area contributed by atoms with Crippen molar-refractivity contribution in [2.45, 2.75) is 25.8 Å². The van der Waals surface area contributed by atoms with Gasteiger partial charge >= 0.3 is 0 Å². The van der Waals surface area contributed by atoms with Crippen LogP contribution in [0.3, 0.4) is 0 Å². The van der Waals surface area contributed by atoms with E-state index in [1.165, 1.54) is 0 Å². The summed E-state index contributed by atoms with van der Waals surface area (Å²) in [5.41, 5.74) is 8.33. The second kappa shape index (κ2) is 4.88. The highest BCUT2D eigenvalue weighted by atomic mass is 16.5. The third kappa shape index (κ3) is 2.17. The van der Waals surface area contributed by atoms with E-state index in [-0.39, 0.29) is 12.0 Å². The van der Waals surface area contributed by atoms with Gasteiger partial charge in [0.15, 0.2) is 0 Å². The minimum absolute atomic E-state index is 0.0458. The van der Waals surface area contributed by atoms with Crippen molar-refractivity contribution in [2.75, 3.05) is 13.2 Å². The van der Waals surface area contributed by atoms with Gasteiger partial charge in [0, 0.05) is 11.6 Å². The molecule has 0 bridgehead atoms. The van der Waals surface area contributed by atoms with Crippen LogP contribution in [0.2, 0.25) is 0 Å². The number of hydrogen-bond donors (Lipinski definition) is 2. The smallest absolute Gasteiger partial charge is 0.234 e. The van der Waals surface area contributed by atoms with Crippen LogP contribution in [-0.4, -0.2) is 34.5 Å². The van der Waals surface area contributed by atoms with E-state index in [9.17, 15) is 5.11 Å². The molecule has 0 spiro atoms. The molecule has 2 aromatic rings. The molecule has 0 radical (unpaired) electrons. The summed E-state index contributed by atoms with van der Waals surface area (Å²) in [6.07, 6.45) is 0. The zero-order chi connectivity index (χ0) is 14.3. The van der Waals surface area contributed by atoms with Gasteiger partial charge in [0.1, 0.15) is 5.75 Å². The quantitative estimate of drug-likeness (QED) is 0.862. The first kappa shape index (κ1) is 13.1. The van der Waals surface area contributed by atoms with Crippen molar-refractivity contribution in [3.63, 3.8) is 0 Å². The van der Waals surface area contributed by atoms with Crippen molar-refractivity contribution in [3.05, 3.63) is 29.2 Å². The molecule has 1 aliphatic rings. The fourth-order valence-electron chi connectivity index (χ4n) is 2.41. The van der Waals surface area contributed by atoms with E-state index < -0.39 is 0 Å². The summed E-state index contributed by atoms with van der Waals surface area (Å²) in [5, 5.41) is 13.8. The summed E-state index contributed by atoms with van der Waals surface area (Å²) in [6, 6.07) is 3.57. The number of nitrogens with two attached hydrogens (primary N) is 1. The fourth-order valence-corrected chi connectivity index (χ4v) is 2.41. The van der Waals surface area contributed by atoms with Gasteiger partial charge in [-0.05, 0) is 37.1 Å². The Morgan fingerprint density at radius 2 is 1.95 bits per heavy atom. The lowest BCUT2D eigenvalue weighted by atomic mass is 10.0. The predicted octanol–water partition coefficient (Wildman–Crippen LogP) is 1.50. The lowest BCUT2D eigenvalue weighted by molar-refractivity contribution is 0.187. The maximum absolute atomic E-state index is 9.79. The maximum Gasteiger partial charge on any atom is 0.234 e. The van der Waals surface area contributed by atoms with Gasteiger partial charge in [-0.25, -0.2) is 0 Å². The van der Waals surface area contributed by atoms with Gasteiger partial charge in [-0.15, -0.1) is 0 Å². The van der Waals surface area contributed by atoms with Crippen LogP contribution in [0, 0.1) is 13.8 Å². The number of ether oxygens (including phenoxy) is 1. The van der Waals surface area contributed by atoms with Gasteiger partial charge < -0.3 is 20.1 Å². The molecule has 1 aromatic heterocycles. The summed E-state index contributed by atoms with van der Waals surface area (Å²) in [6.45, 7) is 4.71. The van der Waals surface area contributed by atoms with Gasteiger partial charge in [0.25, 0.3) is 0 Å². The van der Waals surface area contributed by atoms with Gasteiger partial charge in [0.05, 0.1) is 19.1 Å². The van der Waals surface area contributed by atoms with Crippen molar-refractivity contribution in [1.29, 1.82) is 0 Å². The van der Waals surface area contributed by atoms with E-state index in [1.807, 2.05) is 26.0 Å². The molecule has 2 unspecified atom stereocenters. The second-order valence-electron chi connectivity index (χ2n) is 5.22. The highest BCUT2D eigenvalue weighted by Gasteiger charge is 2.31. The Bertz CT molecular complexity index is 615. The highest BCUT2D eigenvalue weighted by molar-refractivity contribution is 5.60. The zero-order valence-electron chi connectivity index (χ0n) is 11.5. The Labute approximate surface area is 116 Å². The summed E-state index contributed by atoms with van der Waals surface area (Å²) >= 11 is 0. The van der Waals surface area contributed by atoms with Gasteiger partial charge in [-0.3, -0.25) is 0 Å². The number of benzene rings is 1. The fraction of sp³-hybridized carbons (Fsp3) is 0.429. The number of aromatic nitrogens is 2. The SMILES string of the molecule is Cc1cc(-c2noc(C3COCC3N)n2)cc(C)c1O. The molecule has 3 N–H and O–H groups in total. The van der Waals surface area contributed by atoms with Crippen LogP contribution in [0.25, 0.3) is 11.4 Å². The van der Waals surface area contributed by atoms with Gasteiger partial charge in [-0.2, -0.15) is 4.98 Å². The summed E-state index contributed by atoms with van der Waals surface area (Å²) in [7, 11) is 0. The van der Waals surface area contributed by atoms with E-state index in [4.69, 9.17) is 15.0 Å². The minimum atomic E-state index is -0.105. The topological polar surface area (TPSA) is 94.4 Å². The normalized spacial score (nSPS) is 22.4. The van der Waals surface area contributed by atoms with Crippen LogP contribution in [-0.2, 0) is 4.74 Å². The maximum atomic E-state index is 9.79. The van der Waals surface area contributed by atoms with E-state index in [1.54, 1.807) is 0 Å².